The first-order chi connectivity index (χ1) is 9.58. The molecule has 1 aromatic carbocycles. The number of aromatic nitrogens is 2. The highest BCUT2D eigenvalue weighted by molar-refractivity contribution is 5.80. The van der Waals surface area contributed by atoms with Crippen LogP contribution >= 0.6 is 0 Å². The summed E-state index contributed by atoms with van der Waals surface area (Å²) in [5.74, 6) is -0.750. The number of hydrazone groups is 1. The number of rotatable bonds is 4. The molecule has 0 bridgehead atoms. The number of benzene rings is 1. The van der Waals surface area contributed by atoms with E-state index in [0.29, 0.717) is 5.56 Å². The normalized spacial score (nSPS) is 10.7. The van der Waals surface area contributed by atoms with Crippen LogP contribution in [-0.2, 0) is 0 Å². The van der Waals surface area contributed by atoms with E-state index in [0.717, 1.165) is 6.33 Å². The second kappa shape index (κ2) is 5.69. The first kappa shape index (κ1) is 13.3. The first-order valence-corrected chi connectivity index (χ1v) is 5.37. The van der Waals surface area contributed by atoms with Crippen LogP contribution in [0.2, 0.25) is 0 Å². The van der Waals surface area contributed by atoms with Gasteiger partial charge in [0, 0.05) is 0 Å². The fourth-order valence-electron chi connectivity index (χ4n) is 1.37. The van der Waals surface area contributed by atoms with Crippen molar-refractivity contribution in [1.82, 2.24) is 9.97 Å². The van der Waals surface area contributed by atoms with Crippen LogP contribution in [0.15, 0.2) is 35.7 Å². The molecule has 0 aliphatic carbocycles. The van der Waals surface area contributed by atoms with Crippen molar-refractivity contribution in [3.05, 3.63) is 52.1 Å². The average molecular weight is 276 g/mol. The molecule has 2 rings (SSSR count). The predicted molar refractivity (Wildman–Crippen MR) is 70.7 cm³/mol. The van der Waals surface area contributed by atoms with Crippen LogP contribution in [0.3, 0.4) is 0 Å². The summed E-state index contributed by atoms with van der Waals surface area (Å²) in [7, 11) is 0. The van der Waals surface area contributed by atoms with Gasteiger partial charge in [-0.25, -0.2) is 14.4 Å². The quantitative estimate of drug-likeness (QED) is 0.496. The maximum atomic E-state index is 12.7. The lowest BCUT2D eigenvalue weighted by Crippen LogP contribution is -2.04. The largest absolute Gasteiger partial charge is 0.378 e. The maximum absolute atomic E-state index is 12.7. The Morgan fingerprint density at radius 2 is 2.05 bits per heavy atom. The summed E-state index contributed by atoms with van der Waals surface area (Å²) >= 11 is 0. The fourth-order valence-corrected chi connectivity index (χ4v) is 1.37. The molecule has 0 saturated heterocycles. The van der Waals surface area contributed by atoms with Crippen LogP contribution in [-0.4, -0.2) is 21.1 Å². The van der Waals surface area contributed by atoms with E-state index in [1.165, 1.54) is 30.5 Å². The lowest BCUT2D eigenvalue weighted by Gasteiger charge is -2.01. The Balaban J connectivity index is 2.17. The predicted octanol–water partition coefficient (Wildman–Crippen LogP) is 1.55. The van der Waals surface area contributed by atoms with E-state index in [2.05, 4.69) is 20.5 Å². The Morgan fingerprint density at radius 1 is 1.35 bits per heavy atom. The molecule has 0 radical (unpaired) electrons. The molecule has 2 aromatic rings. The Bertz CT molecular complexity index is 658. The molecule has 20 heavy (non-hydrogen) atoms. The van der Waals surface area contributed by atoms with Crippen LogP contribution in [0.4, 0.5) is 21.7 Å². The van der Waals surface area contributed by atoms with Gasteiger partial charge in [0.25, 0.3) is 0 Å². The second-order valence-electron chi connectivity index (χ2n) is 3.63. The van der Waals surface area contributed by atoms with E-state index < -0.39 is 10.6 Å². The van der Waals surface area contributed by atoms with Crippen molar-refractivity contribution in [2.45, 2.75) is 0 Å². The van der Waals surface area contributed by atoms with Gasteiger partial charge >= 0.3 is 5.69 Å². The van der Waals surface area contributed by atoms with Gasteiger partial charge in [0.15, 0.2) is 0 Å². The molecular weight excluding hydrogens is 267 g/mol. The molecule has 8 nitrogen and oxygen atoms in total. The molecule has 0 atom stereocenters. The van der Waals surface area contributed by atoms with E-state index in [9.17, 15) is 14.5 Å². The Labute approximate surface area is 112 Å². The third-order valence-electron chi connectivity index (χ3n) is 2.29. The molecule has 0 spiro atoms. The van der Waals surface area contributed by atoms with Crippen molar-refractivity contribution in [1.29, 1.82) is 0 Å². The van der Waals surface area contributed by atoms with Crippen molar-refractivity contribution < 1.29 is 9.31 Å². The Morgan fingerprint density at radius 3 is 2.70 bits per heavy atom. The Kier molecular flexibility index (Phi) is 3.80. The van der Waals surface area contributed by atoms with Crippen LogP contribution < -0.4 is 11.2 Å². The van der Waals surface area contributed by atoms with Crippen molar-refractivity contribution in [3.63, 3.8) is 0 Å². The number of hydrogen-bond acceptors (Lipinski definition) is 7. The smallest absolute Gasteiger partial charge is 0.354 e. The van der Waals surface area contributed by atoms with Crippen LogP contribution in [0.5, 0.6) is 0 Å². The number of nitrogen functional groups attached to an aromatic ring is 1. The topological polar surface area (TPSA) is 119 Å². The number of hydrogen-bond donors (Lipinski definition) is 2. The summed E-state index contributed by atoms with van der Waals surface area (Å²) in [5, 5.41) is 14.6. The average Bonchev–Trinajstić information content (AvgIpc) is 2.40. The van der Waals surface area contributed by atoms with Crippen LogP contribution in [0.25, 0.3) is 0 Å². The number of nitrogens with one attached hydrogen (secondary N) is 1. The van der Waals surface area contributed by atoms with Gasteiger partial charge in [-0.3, -0.25) is 15.5 Å². The minimum absolute atomic E-state index is 0.124. The third kappa shape index (κ3) is 3.02. The summed E-state index contributed by atoms with van der Waals surface area (Å²) in [6, 6.07) is 5.55. The number of nitro groups is 1. The summed E-state index contributed by atoms with van der Waals surface area (Å²) in [6.07, 6.45) is 2.44. The summed E-state index contributed by atoms with van der Waals surface area (Å²) in [6.45, 7) is 0. The zero-order valence-electron chi connectivity index (χ0n) is 10.0. The van der Waals surface area contributed by atoms with Crippen molar-refractivity contribution in [2.75, 3.05) is 11.2 Å². The van der Waals surface area contributed by atoms with Gasteiger partial charge in [0.1, 0.15) is 12.1 Å². The molecule has 1 heterocycles. The third-order valence-corrected chi connectivity index (χ3v) is 2.29. The SMILES string of the molecule is Nc1ncnc(NN=Cc2ccc(F)cc2)c1[N+](=O)[O-]. The van der Waals surface area contributed by atoms with Gasteiger partial charge in [0.05, 0.1) is 11.1 Å². The second-order valence-corrected chi connectivity index (χ2v) is 3.63. The van der Waals surface area contributed by atoms with Crippen LogP contribution in [0, 0.1) is 15.9 Å². The summed E-state index contributed by atoms with van der Waals surface area (Å²) < 4.78 is 12.7. The van der Waals surface area contributed by atoms with E-state index >= 15 is 0 Å². The van der Waals surface area contributed by atoms with Crippen molar-refractivity contribution in [2.24, 2.45) is 5.10 Å². The minimum atomic E-state index is -0.703. The van der Waals surface area contributed by atoms with Crippen LogP contribution in [0.1, 0.15) is 5.56 Å². The molecule has 0 unspecified atom stereocenters. The zero-order valence-corrected chi connectivity index (χ0v) is 10.0. The molecule has 9 heteroatoms. The van der Waals surface area contributed by atoms with Gasteiger partial charge in [0.2, 0.25) is 11.6 Å². The van der Waals surface area contributed by atoms with E-state index in [1.54, 1.807) is 0 Å². The van der Waals surface area contributed by atoms with E-state index in [1.807, 2.05) is 0 Å². The van der Waals surface area contributed by atoms with Gasteiger partial charge < -0.3 is 5.73 Å². The lowest BCUT2D eigenvalue weighted by molar-refractivity contribution is -0.383. The van der Waals surface area contributed by atoms with Gasteiger partial charge in [-0.15, -0.1) is 0 Å². The highest BCUT2D eigenvalue weighted by Gasteiger charge is 2.20. The fraction of sp³-hybridized carbons (Fsp3) is 0. The molecule has 1 aromatic heterocycles. The minimum Gasteiger partial charge on any atom is -0.378 e. The van der Waals surface area contributed by atoms with E-state index in [-0.39, 0.29) is 17.5 Å². The zero-order chi connectivity index (χ0) is 14.5. The molecule has 3 N–H and O–H groups in total. The number of anilines is 2. The molecule has 0 saturated carbocycles. The van der Waals surface area contributed by atoms with Gasteiger partial charge in [-0.2, -0.15) is 5.10 Å². The van der Waals surface area contributed by atoms with Crippen molar-refractivity contribution in [3.8, 4) is 0 Å². The standard InChI is InChI=1S/C11H9FN6O2/c12-8-3-1-7(2-4-8)5-16-17-11-9(18(19)20)10(13)14-6-15-11/h1-6H,(H3,13,14,15,17). The lowest BCUT2D eigenvalue weighted by atomic mass is 10.2. The number of halogens is 1. The summed E-state index contributed by atoms with van der Waals surface area (Å²) in [4.78, 5) is 17.3. The first-order valence-electron chi connectivity index (χ1n) is 5.37. The Hall–Kier alpha value is -3.10. The van der Waals surface area contributed by atoms with Crippen molar-refractivity contribution >= 4 is 23.5 Å². The molecule has 0 fully saturated rings. The molecule has 0 aliphatic rings. The maximum Gasteiger partial charge on any atom is 0.354 e. The number of nitrogens with zero attached hydrogens (tertiary/aromatic N) is 4. The molecule has 102 valence electrons. The highest BCUT2D eigenvalue weighted by Crippen LogP contribution is 2.25. The van der Waals surface area contributed by atoms with Gasteiger partial charge in [-0.05, 0) is 17.7 Å². The van der Waals surface area contributed by atoms with E-state index in [4.69, 9.17) is 5.73 Å². The molecular formula is C11H9FN6O2. The monoisotopic (exact) mass is 276 g/mol. The highest BCUT2D eigenvalue weighted by atomic mass is 19.1. The molecule has 0 aliphatic heterocycles. The number of nitrogens with two attached hydrogens (primary N) is 1. The summed E-state index contributed by atoms with van der Waals surface area (Å²) in [5.41, 5.74) is 7.96. The van der Waals surface area contributed by atoms with Gasteiger partial charge in [-0.1, -0.05) is 12.1 Å². The molecule has 0 amide bonds.